The zero-order valence-electron chi connectivity index (χ0n) is 36.0. The number of rotatable bonds is 12. The Hall–Kier alpha value is -4.15. The van der Waals surface area contributed by atoms with Gasteiger partial charge in [0.2, 0.25) is 5.91 Å². The second-order valence-corrected chi connectivity index (χ2v) is 18.9. The van der Waals surface area contributed by atoms with E-state index in [0.29, 0.717) is 30.1 Å². The number of nitrogens with one attached hydrogen (secondary N) is 1. The number of hydrogen-bond acceptors (Lipinski definition) is 5. The molecule has 4 heterocycles. The van der Waals surface area contributed by atoms with Gasteiger partial charge in [-0.05, 0) is 187 Å². The van der Waals surface area contributed by atoms with Crippen molar-refractivity contribution in [2.45, 2.75) is 117 Å². The summed E-state index contributed by atoms with van der Waals surface area (Å²) in [5.74, 6) is 3.58. The lowest BCUT2D eigenvalue weighted by atomic mass is 9.75. The van der Waals surface area contributed by atoms with Gasteiger partial charge in [-0.2, -0.15) is 0 Å². The van der Waals surface area contributed by atoms with E-state index in [1.54, 1.807) is 11.0 Å². The molecule has 0 radical (unpaired) electrons. The topological polar surface area (TPSA) is 115 Å². The molecule has 2 aromatic heterocycles. The molecule has 4 fully saturated rings. The number of likely N-dealkylation sites (N-methyl/N-ethyl adjacent to an activating group) is 2. The van der Waals surface area contributed by atoms with Crippen molar-refractivity contribution < 1.29 is 29.0 Å². The Balaban J connectivity index is 0.000000159. The third-order valence-corrected chi connectivity index (χ3v) is 15.0. The molecule has 6 aliphatic rings. The quantitative estimate of drug-likeness (QED) is 0.148. The molecule has 4 aromatic rings. The minimum atomic E-state index is -0.826. The van der Waals surface area contributed by atoms with Gasteiger partial charge in [0.15, 0.2) is 0 Å². The van der Waals surface area contributed by atoms with Gasteiger partial charge in [0.05, 0.1) is 12.1 Å². The van der Waals surface area contributed by atoms with Gasteiger partial charge in [0.25, 0.3) is 5.91 Å². The lowest BCUT2D eigenvalue weighted by molar-refractivity contribution is -0.121. The number of carbonyl (C=O) groups is 3. The van der Waals surface area contributed by atoms with E-state index in [-0.39, 0.29) is 18.4 Å². The maximum Gasteiger partial charge on any atom is 0.335 e. The third kappa shape index (κ3) is 8.78. The van der Waals surface area contributed by atoms with Crippen molar-refractivity contribution in [1.29, 1.82) is 0 Å². The number of carboxylic acids is 1. The smallest absolute Gasteiger partial charge is 0.335 e. The van der Waals surface area contributed by atoms with Crippen LogP contribution in [0.1, 0.15) is 121 Å². The summed E-state index contributed by atoms with van der Waals surface area (Å²) < 4.78 is 16.3. The van der Waals surface area contributed by atoms with Gasteiger partial charge in [0, 0.05) is 91.4 Å². The van der Waals surface area contributed by atoms with Crippen molar-refractivity contribution in [1.82, 2.24) is 19.4 Å². The Kier molecular flexibility index (Phi) is 12.4. The fraction of sp³-hybridized carbons (Fsp3) is 0.620. The van der Waals surface area contributed by atoms with Crippen molar-refractivity contribution in [3.8, 4) is 0 Å². The fourth-order valence-corrected chi connectivity index (χ4v) is 11.3. The van der Waals surface area contributed by atoms with Crippen LogP contribution in [0.2, 0.25) is 0 Å². The molecule has 2 amide bonds. The number of amides is 2. The lowest BCUT2D eigenvalue weighted by Gasteiger charge is -2.33. The second kappa shape index (κ2) is 18.1. The molecule has 2 aliphatic heterocycles. The Bertz CT molecular complexity index is 2200. The molecule has 4 aliphatic carbocycles. The van der Waals surface area contributed by atoms with Crippen LogP contribution < -0.4 is 5.32 Å². The van der Waals surface area contributed by atoms with Crippen LogP contribution in [0.3, 0.4) is 0 Å². The summed E-state index contributed by atoms with van der Waals surface area (Å²) in [7, 11) is 0. The SMILES string of the molecule is CCNC(=O)CN(CC)C(=O)c1ccc2c(c1)c1c(n2CC2CC2)CCC(C2CCOCC2)C1.O=C(O)c1ccc2c(c1)c1c(n2CC2CC2)CCC(C2CCOCC2)C1. The number of aromatic carboxylic acids is 1. The minimum Gasteiger partial charge on any atom is -0.478 e. The number of benzene rings is 2. The first-order valence-electron chi connectivity index (χ1n) is 23.5. The van der Waals surface area contributed by atoms with Gasteiger partial charge in [-0.25, -0.2) is 4.79 Å². The molecule has 60 heavy (non-hydrogen) atoms. The van der Waals surface area contributed by atoms with Gasteiger partial charge in [-0.15, -0.1) is 0 Å². The Morgan fingerprint density at radius 1 is 0.667 bits per heavy atom. The number of aromatic nitrogens is 2. The van der Waals surface area contributed by atoms with Gasteiger partial charge in [-0.3, -0.25) is 9.59 Å². The number of fused-ring (bicyclic) bond motifs is 6. The normalized spacial score (nSPS) is 22.2. The monoisotopic (exact) mass is 818 g/mol. The standard InChI is InChI=1S/C28H39N3O3.C22H27NO3/c1-3-29-27(32)18-30(4-2)28(33)22-8-10-26-24(16-22)23-15-21(20-11-13-34-14-12-20)7-9-25(23)31(26)17-19-5-6-19;24-22(25)17-4-6-21-19(12-17)18-11-16(15-7-9-26-10-8-15)3-5-20(18)23(21)13-14-1-2-14/h8,10,16,19-21H,3-7,9,11-15,17-18H2,1-2H3,(H,29,32);4,6,12,14-16H,1-3,5,7-11,13H2,(H,24,25). The van der Waals surface area contributed by atoms with Crippen LogP contribution in [0.15, 0.2) is 36.4 Å². The van der Waals surface area contributed by atoms with Crippen LogP contribution in [0.5, 0.6) is 0 Å². The van der Waals surface area contributed by atoms with Crippen LogP contribution in [-0.2, 0) is 53.0 Å². The highest BCUT2D eigenvalue weighted by atomic mass is 16.5. The summed E-state index contributed by atoms with van der Waals surface area (Å²) >= 11 is 0. The van der Waals surface area contributed by atoms with E-state index in [0.717, 1.165) is 94.8 Å². The van der Waals surface area contributed by atoms with E-state index in [1.165, 1.54) is 109 Å². The first-order valence-corrected chi connectivity index (χ1v) is 23.5. The number of carbonyl (C=O) groups excluding carboxylic acids is 2. The van der Waals surface area contributed by atoms with Gasteiger partial charge in [0.1, 0.15) is 0 Å². The zero-order valence-corrected chi connectivity index (χ0v) is 36.0. The molecule has 2 aromatic carbocycles. The average Bonchev–Trinajstić information content (AvgIpc) is 4.23. The molecule has 322 valence electrons. The highest BCUT2D eigenvalue weighted by molar-refractivity contribution is 6.01. The molecule has 2 saturated heterocycles. The molecular formula is C50H66N4O6. The largest absolute Gasteiger partial charge is 0.478 e. The summed E-state index contributed by atoms with van der Waals surface area (Å²) in [5, 5.41) is 14.7. The molecule has 10 rings (SSSR count). The Morgan fingerprint density at radius 2 is 1.15 bits per heavy atom. The van der Waals surface area contributed by atoms with Crippen LogP contribution in [0.4, 0.5) is 0 Å². The zero-order chi connectivity index (χ0) is 41.3. The average molecular weight is 819 g/mol. The van der Waals surface area contributed by atoms with E-state index >= 15 is 0 Å². The van der Waals surface area contributed by atoms with Crippen molar-refractivity contribution in [3.05, 3.63) is 70.0 Å². The Morgan fingerprint density at radius 3 is 1.60 bits per heavy atom. The highest BCUT2D eigenvalue weighted by Crippen LogP contribution is 2.44. The summed E-state index contributed by atoms with van der Waals surface area (Å²) in [4.78, 5) is 38.6. The third-order valence-electron chi connectivity index (χ3n) is 15.0. The van der Waals surface area contributed by atoms with E-state index in [2.05, 4.69) is 26.6 Å². The molecule has 0 bridgehead atoms. The maximum atomic E-state index is 13.4. The molecule has 2 saturated carbocycles. The van der Waals surface area contributed by atoms with Crippen LogP contribution >= 0.6 is 0 Å². The molecule has 10 heteroatoms. The molecule has 10 nitrogen and oxygen atoms in total. The maximum absolute atomic E-state index is 13.4. The van der Waals surface area contributed by atoms with E-state index in [4.69, 9.17) is 9.47 Å². The molecular weight excluding hydrogens is 753 g/mol. The van der Waals surface area contributed by atoms with Crippen molar-refractivity contribution in [2.75, 3.05) is 46.1 Å². The minimum absolute atomic E-state index is 0.0591. The van der Waals surface area contributed by atoms with Crippen molar-refractivity contribution in [3.63, 3.8) is 0 Å². The van der Waals surface area contributed by atoms with E-state index in [1.807, 2.05) is 32.0 Å². The van der Waals surface area contributed by atoms with Crippen molar-refractivity contribution >= 4 is 39.6 Å². The van der Waals surface area contributed by atoms with Gasteiger partial charge >= 0.3 is 5.97 Å². The number of nitrogens with zero attached hydrogens (tertiary/aromatic N) is 3. The molecule has 2 atom stereocenters. The van der Waals surface area contributed by atoms with E-state index < -0.39 is 5.97 Å². The fourth-order valence-electron chi connectivity index (χ4n) is 11.3. The van der Waals surface area contributed by atoms with Gasteiger partial charge in [-0.1, -0.05) is 0 Å². The molecule has 2 unspecified atom stereocenters. The van der Waals surface area contributed by atoms with Crippen LogP contribution in [-0.4, -0.2) is 83.0 Å². The lowest BCUT2D eigenvalue weighted by Crippen LogP contribution is -2.40. The van der Waals surface area contributed by atoms with Crippen LogP contribution in [0, 0.1) is 35.5 Å². The van der Waals surface area contributed by atoms with E-state index in [9.17, 15) is 19.5 Å². The van der Waals surface area contributed by atoms with Crippen LogP contribution in [0.25, 0.3) is 21.8 Å². The highest BCUT2D eigenvalue weighted by Gasteiger charge is 2.35. The number of hydrogen-bond donors (Lipinski definition) is 2. The first kappa shape index (κ1) is 41.2. The molecule has 2 N–H and O–H groups in total. The summed E-state index contributed by atoms with van der Waals surface area (Å²) in [6.45, 7) is 10.8. The number of ether oxygens (including phenoxy) is 2. The second-order valence-electron chi connectivity index (χ2n) is 18.9. The summed E-state index contributed by atoms with van der Waals surface area (Å²) in [6, 6.07) is 12.0. The van der Waals surface area contributed by atoms with Gasteiger partial charge < -0.3 is 33.9 Å². The number of carboxylic acid groups (broad SMARTS) is 1. The first-order chi connectivity index (χ1) is 29.3. The predicted octanol–water partition coefficient (Wildman–Crippen LogP) is 8.46. The predicted molar refractivity (Wildman–Crippen MR) is 235 cm³/mol. The van der Waals surface area contributed by atoms with Crippen molar-refractivity contribution in [2.24, 2.45) is 35.5 Å². The Labute approximate surface area is 355 Å². The summed E-state index contributed by atoms with van der Waals surface area (Å²) in [6.07, 6.45) is 17.1. The molecule has 0 spiro atoms. The summed E-state index contributed by atoms with van der Waals surface area (Å²) in [5.41, 5.74) is 9.54.